The van der Waals surface area contributed by atoms with Crippen LogP contribution in [0.1, 0.15) is 23.2 Å². The molecule has 146 valence electrons. The second-order valence-electron chi connectivity index (χ2n) is 7.06. The Morgan fingerprint density at radius 1 is 1.04 bits per heavy atom. The molecule has 0 unspecified atom stereocenters. The minimum atomic E-state index is -0.975. The summed E-state index contributed by atoms with van der Waals surface area (Å²) < 4.78 is 16.5. The first kappa shape index (κ1) is 18.6. The number of nitrogens with zero attached hydrogens (tertiary/aromatic N) is 5. The second-order valence-corrected chi connectivity index (χ2v) is 7.06. The van der Waals surface area contributed by atoms with Crippen molar-refractivity contribution in [3.05, 3.63) is 77.9 Å². The summed E-state index contributed by atoms with van der Waals surface area (Å²) in [6.45, 7) is 3.78. The zero-order chi connectivity index (χ0) is 19.5. The van der Waals surface area contributed by atoms with E-state index in [-0.39, 0.29) is 5.82 Å². The van der Waals surface area contributed by atoms with Gasteiger partial charge in [0, 0.05) is 63.9 Å². The van der Waals surface area contributed by atoms with Crippen LogP contribution in [0.5, 0.6) is 0 Å². The van der Waals surface area contributed by atoms with Crippen LogP contribution >= 0.6 is 0 Å². The quantitative estimate of drug-likeness (QED) is 0.735. The fraction of sp³-hybridized carbons (Fsp3) is 0.333. The largest absolute Gasteiger partial charge is 0.380 e. The second kappa shape index (κ2) is 8.08. The molecule has 28 heavy (non-hydrogen) atoms. The first-order valence-electron chi connectivity index (χ1n) is 9.44. The number of para-hydroxylation sites is 1. The minimum Gasteiger partial charge on any atom is -0.380 e. The van der Waals surface area contributed by atoms with E-state index in [0.717, 1.165) is 25.3 Å². The Balaban J connectivity index is 1.51. The number of imidazole rings is 1. The molecule has 0 spiro atoms. The van der Waals surface area contributed by atoms with E-state index in [1.54, 1.807) is 35.3 Å². The van der Waals surface area contributed by atoms with Gasteiger partial charge in [0.1, 0.15) is 17.7 Å². The van der Waals surface area contributed by atoms with Gasteiger partial charge < -0.3 is 14.6 Å². The van der Waals surface area contributed by atoms with Crippen LogP contribution in [0.15, 0.2) is 55.0 Å². The van der Waals surface area contributed by atoms with Crippen LogP contribution in [0.25, 0.3) is 0 Å². The smallest absolute Gasteiger partial charge is 0.146 e. The Hall–Kier alpha value is -2.77. The van der Waals surface area contributed by atoms with Crippen LogP contribution in [-0.4, -0.2) is 50.7 Å². The van der Waals surface area contributed by atoms with E-state index in [0.29, 0.717) is 30.2 Å². The molecule has 1 aliphatic rings. The first-order chi connectivity index (χ1) is 13.6. The van der Waals surface area contributed by atoms with Crippen LogP contribution in [0.2, 0.25) is 0 Å². The maximum absolute atomic E-state index is 14.8. The third-order valence-corrected chi connectivity index (χ3v) is 5.22. The number of hydrogen-bond donors (Lipinski definition) is 1. The predicted octanol–water partition coefficient (Wildman–Crippen LogP) is 2.36. The molecular weight excluding hydrogens is 357 g/mol. The number of aliphatic hydroxyl groups is 1. The van der Waals surface area contributed by atoms with Gasteiger partial charge in [-0.15, -0.1) is 0 Å². The van der Waals surface area contributed by atoms with Crippen molar-refractivity contribution in [1.29, 1.82) is 0 Å². The summed E-state index contributed by atoms with van der Waals surface area (Å²) in [6, 6.07) is 10.8. The summed E-state index contributed by atoms with van der Waals surface area (Å²) in [4.78, 5) is 12.9. The van der Waals surface area contributed by atoms with Crippen molar-refractivity contribution in [1.82, 2.24) is 19.4 Å². The molecule has 1 atom stereocenters. The van der Waals surface area contributed by atoms with Gasteiger partial charge in [-0.1, -0.05) is 18.2 Å². The molecule has 1 aliphatic heterocycles. The molecule has 1 fully saturated rings. The Kier molecular flexibility index (Phi) is 5.36. The van der Waals surface area contributed by atoms with Crippen LogP contribution in [0.3, 0.4) is 0 Å². The summed E-state index contributed by atoms with van der Waals surface area (Å²) >= 11 is 0. The molecule has 3 aromatic rings. The highest BCUT2D eigenvalue weighted by Gasteiger charge is 2.26. The lowest BCUT2D eigenvalue weighted by atomic mass is 10.0. The number of piperazine rings is 1. The maximum Gasteiger partial charge on any atom is 0.146 e. The number of aromatic nitrogens is 3. The third kappa shape index (κ3) is 3.76. The highest BCUT2D eigenvalue weighted by molar-refractivity contribution is 5.57. The SMILES string of the molecule is Cn1ccnc1[C@H](O)c1cccc(F)c1N1CCN(Cc2ccccn2)CC1. The zero-order valence-corrected chi connectivity index (χ0v) is 15.9. The number of rotatable bonds is 5. The average Bonchev–Trinajstić information content (AvgIpc) is 3.15. The van der Waals surface area contributed by atoms with Gasteiger partial charge in [-0.2, -0.15) is 0 Å². The van der Waals surface area contributed by atoms with Crippen molar-refractivity contribution in [3.8, 4) is 0 Å². The number of halogens is 1. The van der Waals surface area contributed by atoms with E-state index < -0.39 is 6.10 Å². The minimum absolute atomic E-state index is 0.316. The fourth-order valence-electron chi connectivity index (χ4n) is 3.72. The van der Waals surface area contributed by atoms with Gasteiger partial charge in [0.2, 0.25) is 0 Å². The summed E-state index contributed by atoms with van der Waals surface area (Å²) in [6.07, 6.45) is 4.23. The summed E-state index contributed by atoms with van der Waals surface area (Å²) in [5.41, 5.74) is 2.05. The molecule has 1 aromatic carbocycles. The van der Waals surface area contributed by atoms with Crippen molar-refractivity contribution in [3.63, 3.8) is 0 Å². The fourth-order valence-corrected chi connectivity index (χ4v) is 3.72. The van der Waals surface area contributed by atoms with Crippen LogP contribution in [0.4, 0.5) is 10.1 Å². The lowest BCUT2D eigenvalue weighted by Gasteiger charge is -2.37. The zero-order valence-electron chi connectivity index (χ0n) is 15.9. The molecule has 1 saturated heterocycles. The van der Waals surface area contributed by atoms with Crippen molar-refractivity contribution >= 4 is 5.69 Å². The number of aliphatic hydroxyl groups excluding tert-OH is 1. The van der Waals surface area contributed by atoms with Crippen molar-refractivity contribution in [2.75, 3.05) is 31.1 Å². The number of benzene rings is 1. The molecule has 1 N–H and O–H groups in total. The lowest BCUT2D eigenvalue weighted by molar-refractivity contribution is 0.205. The van der Waals surface area contributed by atoms with Gasteiger partial charge in [0.15, 0.2) is 0 Å². The number of pyridine rings is 1. The molecule has 7 heteroatoms. The topological polar surface area (TPSA) is 57.4 Å². The molecule has 3 heterocycles. The molecule has 0 aliphatic carbocycles. The van der Waals surface area contributed by atoms with Gasteiger partial charge in [-0.25, -0.2) is 9.37 Å². The molecule has 2 aromatic heterocycles. The molecule has 0 amide bonds. The average molecular weight is 381 g/mol. The van der Waals surface area contributed by atoms with Gasteiger partial charge >= 0.3 is 0 Å². The van der Waals surface area contributed by atoms with Gasteiger partial charge in [0.25, 0.3) is 0 Å². The molecule has 0 saturated carbocycles. The monoisotopic (exact) mass is 381 g/mol. The Labute approximate surface area is 163 Å². The molecular formula is C21H24FN5O. The van der Waals surface area contributed by atoms with Crippen molar-refractivity contribution < 1.29 is 9.50 Å². The molecule has 4 rings (SSSR count). The summed E-state index contributed by atoms with van der Waals surface area (Å²) in [5, 5.41) is 10.8. The maximum atomic E-state index is 14.8. The number of anilines is 1. The van der Waals surface area contributed by atoms with Crippen LogP contribution in [0, 0.1) is 5.82 Å². The van der Waals surface area contributed by atoms with Crippen molar-refractivity contribution in [2.45, 2.75) is 12.6 Å². The Morgan fingerprint density at radius 2 is 1.86 bits per heavy atom. The van der Waals surface area contributed by atoms with Crippen LogP contribution in [-0.2, 0) is 13.6 Å². The van der Waals surface area contributed by atoms with Crippen LogP contribution < -0.4 is 4.90 Å². The standard InChI is InChI=1S/C21H24FN5O/c1-25-10-9-24-21(25)20(28)17-6-4-7-18(22)19(17)27-13-11-26(12-14-27)15-16-5-2-3-8-23-16/h2-10,20,28H,11-15H2,1H3/t20-/m1/s1. The Morgan fingerprint density at radius 3 is 2.54 bits per heavy atom. The highest BCUT2D eigenvalue weighted by Crippen LogP contribution is 2.33. The highest BCUT2D eigenvalue weighted by atomic mass is 19.1. The van der Waals surface area contributed by atoms with E-state index in [4.69, 9.17) is 0 Å². The van der Waals surface area contributed by atoms with Gasteiger partial charge in [0.05, 0.1) is 11.4 Å². The van der Waals surface area contributed by atoms with E-state index in [1.165, 1.54) is 6.07 Å². The van der Waals surface area contributed by atoms with Gasteiger partial charge in [-0.3, -0.25) is 9.88 Å². The molecule has 0 bridgehead atoms. The third-order valence-electron chi connectivity index (χ3n) is 5.22. The van der Waals surface area contributed by atoms with E-state index in [2.05, 4.69) is 14.9 Å². The predicted molar refractivity (Wildman–Crippen MR) is 105 cm³/mol. The number of aryl methyl sites for hydroxylation is 1. The van der Waals surface area contributed by atoms with E-state index in [1.807, 2.05) is 30.1 Å². The molecule has 0 radical (unpaired) electrons. The molecule has 6 nitrogen and oxygen atoms in total. The summed E-state index contributed by atoms with van der Waals surface area (Å²) in [7, 11) is 1.82. The number of hydrogen-bond acceptors (Lipinski definition) is 5. The van der Waals surface area contributed by atoms with Gasteiger partial charge in [-0.05, 0) is 18.2 Å². The lowest BCUT2D eigenvalue weighted by Crippen LogP contribution is -2.46. The Bertz CT molecular complexity index is 922. The first-order valence-corrected chi connectivity index (χ1v) is 9.44. The van der Waals surface area contributed by atoms with Crippen molar-refractivity contribution in [2.24, 2.45) is 7.05 Å². The summed E-state index contributed by atoms with van der Waals surface area (Å²) in [5.74, 6) is 0.185. The normalized spacial score (nSPS) is 16.3. The van der Waals surface area contributed by atoms with E-state index >= 15 is 0 Å². The van der Waals surface area contributed by atoms with E-state index in [9.17, 15) is 9.50 Å².